The number of hydrogen-bond acceptors (Lipinski definition) is 4. The van der Waals surface area contributed by atoms with E-state index in [0.29, 0.717) is 22.7 Å². The summed E-state index contributed by atoms with van der Waals surface area (Å²) in [5.41, 5.74) is 2.79. The van der Waals surface area contributed by atoms with Crippen LogP contribution in [0.5, 0.6) is 0 Å². The number of rotatable bonds is 4. The summed E-state index contributed by atoms with van der Waals surface area (Å²) >= 11 is 6.55. The maximum atomic E-state index is 13.1. The maximum Gasteiger partial charge on any atom is 0.416 e. The molecule has 0 atom stereocenters. The summed E-state index contributed by atoms with van der Waals surface area (Å²) in [4.78, 5) is 8.66. The molecular weight excluding hydrogens is 461 g/mol. The van der Waals surface area contributed by atoms with Gasteiger partial charge in [0.2, 0.25) is 0 Å². The van der Waals surface area contributed by atoms with Crippen molar-refractivity contribution in [3.63, 3.8) is 0 Å². The van der Waals surface area contributed by atoms with Crippen LogP contribution >= 0.6 is 11.6 Å². The fraction of sp³-hybridized carbons (Fsp3) is 0.217. The Balaban J connectivity index is 1.87. The van der Waals surface area contributed by atoms with Gasteiger partial charge in [0.1, 0.15) is 0 Å². The third kappa shape index (κ3) is 4.04. The molecule has 32 heavy (non-hydrogen) atoms. The van der Waals surface area contributed by atoms with Gasteiger partial charge in [0.05, 0.1) is 32.6 Å². The fourth-order valence-corrected chi connectivity index (χ4v) is 5.07. The van der Waals surface area contributed by atoms with Crippen LogP contribution in [0, 0.1) is 6.92 Å². The zero-order chi connectivity index (χ0) is 23.3. The molecule has 0 bridgehead atoms. The third-order valence-electron chi connectivity index (χ3n) is 5.32. The zero-order valence-electron chi connectivity index (χ0n) is 17.2. The van der Waals surface area contributed by atoms with Crippen LogP contribution in [0.4, 0.5) is 13.2 Å². The van der Waals surface area contributed by atoms with E-state index in [1.54, 1.807) is 6.20 Å². The lowest BCUT2D eigenvalue weighted by molar-refractivity contribution is -0.137. The van der Waals surface area contributed by atoms with Crippen molar-refractivity contribution >= 4 is 32.0 Å². The number of nitrogens with zero attached hydrogens (tertiary/aromatic N) is 2. The van der Waals surface area contributed by atoms with Gasteiger partial charge < -0.3 is 0 Å². The van der Waals surface area contributed by atoms with Gasteiger partial charge in [-0.2, -0.15) is 13.2 Å². The Bertz CT molecular complexity index is 1370. The number of aromatic nitrogens is 2. The predicted molar refractivity (Wildman–Crippen MR) is 118 cm³/mol. The summed E-state index contributed by atoms with van der Waals surface area (Å²) < 4.78 is 65.3. The number of allylic oxidation sites excluding steroid dienone is 1. The summed E-state index contributed by atoms with van der Waals surface area (Å²) in [6.45, 7) is 3.40. The van der Waals surface area contributed by atoms with Crippen LogP contribution in [-0.4, -0.2) is 24.1 Å². The Kier molecular flexibility index (Phi) is 5.63. The van der Waals surface area contributed by atoms with Crippen molar-refractivity contribution < 1.29 is 21.6 Å². The molecule has 0 saturated carbocycles. The van der Waals surface area contributed by atoms with E-state index < -0.39 is 21.6 Å². The van der Waals surface area contributed by atoms with E-state index in [0.717, 1.165) is 23.3 Å². The molecule has 0 aliphatic heterocycles. The molecule has 0 amide bonds. The number of sulfone groups is 1. The highest BCUT2D eigenvalue weighted by molar-refractivity contribution is 7.91. The van der Waals surface area contributed by atoms with Crippen molar-refractivity contribution in [2.24, 2.45) is 0 Å². The van der Waals surface area contributed by atoms with Crippen molar-refractivity contribution in [3.8, 4) is 11.1 Å². The van der Waals surface area contributed by atoms with Gasteiger partial charge in [-0.1, -0.05) is 36.7 Å². The number of halogens is 4. The lowest BCUT2D eigenvalue weighted by Gasteiger charge is -2.13. The molecular formula is C23H18ClF3N2O2S. The van der Waals surface area contributed by atoms with Crippen LogP contribution in [-0.2, 0) is 22.4 Å². The number of alkyl halides is 3. The van der Waals surface area contributed by atoms with Gasteiger partial charge in [-0.25, -0.2) is 8.42 Å². The lowest BCUT2D eigenvalue weighted by Crippen LogP contribution is -2.10. The monoisotopic (exact) mass is 478 g/mol. The highest BCUT2D eigenvalue weighted by Gasteiger charge is 2.31. The minimum atomic E-state index is -4.51. The molecule has 1 aromatic carbocycles. The van der Waals surface area contributed by atoms with Gasteiger partial charge >= 0.3 is 6.18 Å². The van der Waals surface area contributed by atoms with E-state index in [9.17, 15) is 21.6 Å². The molecule has 4 nitrogen and oxygen atoms in total. The average molecular weight is 479 g/mol. The second kappa shape index (κ2) is 8.01. The first-order chi connectivity index (χ1) is 15.0. The second-order valence-corrected chi connectivity index (χ2v) is 10.2. The van der Waals surface area contributed by atoms with E-state index in [4.69, 9.17) is 11.6 Å². The van der Waals surface area contributed by atoms with Gasteiger partial charge in [0.15, 0.2) is 9.84 Å². The van der Waals surface area contributed by atoms with E-state index in [-0.39, 0.29) is 27.5 Å². The standard InChI is InChI=1S/C23H18ClF3N2O2S/c1-3-32(30,31)19-10-16(14-5-4-6-17(8-14)23(25,26)27)12-29-22(19)18-9-15-7-13(2)11-28-21(15)20(18)24/h4-8,10-12H,3,9H2,1-2H3. The normalized spacial score (nSPS) is 14.1. The molecule has 0 N–H and O–H groups in total. The predicted octanol–water partition coefficient (Wildman–Crippen LogP) is 5.93. The van der Waals surface area contributed by atoms with Crippen molar-refractivity contribution in [1.29, 1.82) is 0 Å². The topological polar surface area (TPSA) is 59.9 Å². The number of pyridine rings is 2. The molecule has 0 saturated heterocycles. The Morgan fingerprint density at radius 3 is 2.44 bits per heavy atom. The summed E-state index contributed by atoms with van der Waals surface area (Å²) in [7, 11) is -3.75. The van der Waals surface area contributed by atoms with Gasteiger partial charge in [-0.3, -0.25) is 9.97 Å². The first kappa shape index (κ1) is 22.5. The van der Waals surface area contributed by atoms with Gasteiger partial charge in [-0.15, -0.1) is 0 Å². The SMILES string of the molecule is CCS(=O)(=O)c1cc(-c2cccc(C(F)(F)F)c2)cnc1C1=C(Cl)c2ncc(C)cc2C1. The molecule has 9 heteroatoms. The maximum absolute atomic E-state index is 13.1. The number of fused-ring (bicyclic) bond motifs is 1. The molecule has 1 aliphatic carbocycles. The highest BCUT2D eigenvalue weighted by Crippen LogP contribution is 2.42. The van der Waals surface area contributed by atoms with Crippen LogP contribution in [0.2, 0.25) is 0 Å². The third-order valence-corrected chi connectivity index (χ3v) is 7.47. The molecule has 0 fully saturated rings. The number of benzene rings is 1. The molecule has 1 aliphatic rings. The number of aryl methyl sites for hydroxylation is 1. The molecule has 2 aromatic heterocycles. The minimum Gasteiger partial charge on any atom is -0.255 e. The van der Waals surface area contributed by atoms with Crippen LogP contribution in [0.1, 0.15) is 35.0 Å². The zero-order valence-corrected chi connectivity index (χ0v) is 18.7. The van der Waals surface area contributed by atoms with Crippen LogP contribution in [0.15, 0.2) is 53.7 Å². The Morgan fingerprint density at radius 1 is 1.03 bits per heavy atom. The van der Waals surface area contributed by atoms with Crippen molar-refractivity contribution in [2.75, 3.05) is 5.75 Å². The first-order valence-electron chi connectivity index (χ1n) is 9.76. The molecule has 4 rings (SSSR count). The molecule has 3 aromatic rings. The lowest BCUT2D eigenvalue weighted by atomic mass is 10.0. The van der Waals surface area contributed by atoms with Gasteiger partial charge in [0.25, 0.3) is 0 Å². The van der Waals surface area contributed by atoms with E-state index in [2.05, 4.69) is 9.97 Å². The average Bonchev–Trinajstić information content (AvgIpc) is 3.08. The Hall–Kier alpha value is -2.71. The largest absolute Gasteiger partial charge is 0.416 e. The van der Waals surface area contributed by atoms with Crippen molar-refractivity contribution in [2.45, 2.75) is 31.3 Å². The molecule has 0 unspecified atom stereocenters. The quantitative estimate of drug-likeness (QED) is 0.466. The van der Waals surface area contributed by atoms with E-state index in [1.165, 1.54) is 31.3 Å². The fourth-order valence-electron chi connectivity index (χ4n) is 3.66. The second-order valence-electron chi connectivity index (χ2n) is 7.54. The minimum absolute atomic E-state index is 0.0624. The van der Waals surface area contributed by atoms with Crippen LogP contribution in [0.25, 0.3) is 21.7 Å². The van der Waals surface area contributed by atoms with Gasteiger partial charge in [0, 0.05) is 30.0 Å². The number of hydrogen-bond donors (Lipinski definition) is 0. The summed E-state index contributed by atoms with van der Waals surface area (Å²) in [6, 6.07) is 8.01. The van der Waals surface area contributed by atoms with Crippen molar-refractivity contribution in [1.82, 2.24) is 9.97 Å². The molecule has 0 radical (unpaired) electrons. The molecule has 166 valence electrons. The summed E-state index contributed by atoms with van der Waals surface area (Å²) in [5.74, 6) is -0.192. The smallest absolute Gasteiger partial charge is 0.255 e. The van der Waals surface area contributed by atoms with E-state index in [1.807, 2.05) is 13.0 Å². The highest BCUT2D eigenvalue weighted by atomic mass is 35.5. The Labute approximate surface area is 188 Å². The van der Waals surface area contributed by atoms with Crippen LogP contribution in [0.3, 0.4) is 0 Å². The van der Waals surface area contributed by atoms with Gasteiger partial charge in [-0.05, 0) is 41.8 Å². The summed E-state index contributed by atoms with van der Waals surface area (Å²) in [5, 5.41) is 0.326. The van der Waals surface area contributed by atoms with Crippen molar-refractivity contribution in [3.05, 3.63) is 76.9 Å². The molecule has 0 spiro atoms. The van der Waals surface area contributed by atoms with Crippen LogP contribution < -0.4 is 0 Å². The Morgan fingerprint density at radius 2 is 1.75 bits per heavy atom. The first-order valence-corrected chi connectivity index (χ1v) is 11.8. The van der Waals surface area contributed by atoms with E-state index >= 15 is 0 Å². The summed E-state index contributed by atoms with van der Waals surface area (Å²) in [6.07, 6.45) is -1.10. The molecule has 2 heterocycles.